The second kappa shape index (κ2) is 6.06. The second-order valence-corrected chi connectivity index (χ2v) is 4.95. The Bertz CT molecular complexity index is 616. The fourth-order valence-electron chi connectivity index (χ4n) is 2.69. The molecule has 0 amide bonds. The number of hydrogen-bond acceptors (Lipinski definition) is 3. The van der Waals surface area contributed by atoms with Crippen LogP contribution in [-0.4, -0.2) is 25.5 Å². The summed E-state index contributed by atoms with van der Waals surface area (Å²) >= 11 is 0. The van der Waals surface area contributed by atoms with Crippen molar-refractivity contribution in [2.45, 2.75) is 19.4 Å². The van der Waals surface area contributed by atoms with Crippen LogP contribution in [0.15, 0.2) is 47.5 Å². The highest BCUT2D eigenvalue weighted by molar-refractivity contribution is 5.94. The van der Waals surface area contributed by atoms with E-state index in [1.807, 2.05) is 6.92 Å². The molecule has 3 nitrogen and oxygen atoms in total. The van der Waals surface area contributed by atoms with Crippen LogP contribution in [0, 0.1) is 0 Å². The van der Waals surface area contributed by atoms with Crippen LogP contribution in [0.2, 0.25) is 0 Å². The minimum Gasteiger partial charge on any atom is -0.371 e. The number of aliphatic imine (C=N–C) groups is 1. The van der Waals surface area contributed by atoms with Gasteiger partial charge in [-0.05, 0) is 29.7 Å². The molecule has 2 aromatic carbocycles. The maximum atomic E-state index is 5.98. The first-order chi connectivity index (χ1) is 9.90. The molecule has 0 fully saturated rings. The standard InChI is InChI=1S/C17H20N2O/c1-2-20-16(17-18-11-6-12-19-17)15-10-5-8-13-7-3-4-9-14(13)15/h3-5,7-10,16H,2,6,11-12H2,1H3,(H,18,19)/t16-/m0/s1. The number of nitrogens with zero attached hydrogens (tertiary/aromatic N) is 1. The van der Waals surface area contributed by atoms with Crippen molar-refractivity contribution in [1.82, 2.24) is 5.32 Å². The van der Waals surface area contributed by atoms with E-state index in [1.165, 1.54) is 16.3 Å². The van der Waals surface area contributed by atoms with Crippen molar-refractivity contribution in [3.05, 3.63) is 48.0 Å². The Morgan fingerprint density at radius 3 is 2.85 bits per heavy atom. The summed E-state index contributed by atoms with van der Waals surface area (Å²) in [5.41, 5.74) is 1.19. The van der Waals surface area contributed by atoms with E-state index in [4.69, 9.17) is 4.74 Å². The number of ether oxygens (including phenoxy) is 1. The minimum atomic E-state index is -0.0913. The van der Waals surface area contributed by atoms with Crippen molar-refractivity contribution < 1.29 is 4.74 Å². The van der Waals surface area contributed by atoms with Gasteiger partial charge >= 0.3 is 0 Å². The molecule has 0 saturated heterocycles. The van der Waals surface area contributed by atoms with Gasteiger partial charge in [0.15, 0.2) is 0 Å². The molecule has 3 heteroatoms. The van der Waals surface area contributed by atoms with Crippen LogP contribution in [0.3, 0.4) is 0 Å². The minimum absolute atomic E-state index is 0.0913. The van der Waals surface area contributed by atoms with Crippen molar-refractivity contribution in [3.63, 3.8) is 0 Å². The zero-order valence-corrected chi connectivity index (χ0v) is 11.8. The molecule has 104 valence electrons. The topological polar surface area (TPSA) is 33.6 Å². The molecule has 1 aliphatic rings. The lowest BCUT2D eigenvalue weighted by atomic mass is 9.99. The Balaban J connectivity index is 2.07. The third kappa shape index (κ3) is 2.54. The maximum absolute atomic E-state index is 5.98. The van der Waals surface area contributed by atoms with Gasteiger partial charge in [0, 0.05) is 19.7 Å². The zero-order valence-electron chi connectivity index (χ0n) is 11.8. The fraction of sp³-hybridized carbons (Fsp3) is 0.353. The molecule has 1 aliphatic heterocycles. The molecule has 0 spiro atoms. The molecule has 0 aromatic heterocycles. The highest BCUT2D eigenvalue weighted by Gasteiger charge is 2.21. The summed E-state index contributed by atoms with van der Waals surface area (Å²) in [7, 11) is 0. The number of amidine groups is 1. The summed E-state index contributed by atoms with van der Waals surface area (Å²) < 4.78 is 5.98. The number of rotatable bonds is 4. The summed E-state index contributed by atoms with van der Waals surface area (Å²) in [5.74, 6) is 0.967. The lowest BCUT2D eigenvalue weighted by molar-refractivity contribution is 0.108. The number of hydrogen-bond donors (Lipinski definition) is 1. The van der Waals surface area contributed by atoms with Gasteiger partial charge in [0.2, 0.25) is 0 Å². The van der Waals surface area contributed by atoms with Gasteiger partial charge in [-0.15, -0.1) is 0 Å². The number of fused-ring (bicyclic) bond motifs is 1. The second-order valence-electron chi connectivity index (χ2n) is 4.95. The van der Waals surface area contributed by atoms with Crippen molar-refractivity contribution in [2.75, 3.05) is 19.7 Å². The largest absolute Gasteiger partial charge is 0.371 e. The first kappa shape index (κ1) is 13.1. The van der Waals surface area contributed by atoms with Crippen molar-refractivity contribution >= 4 is 16.6 Å². The SMILES string of the molecule is CCO[C@H](C1=NCCCN1)c1cccc2ccccc12. The van der Waals surface area contributed by atoms with Crippen LogP contribution in [0.25, 0.3) is 10.8 Å². The highest BCUT2D eigenvalue weighted by Crippen LogP contribution is 2.27. The van der Waals surface area contributed by atoms with Gasteiger partial charge in [-0.1, -0.05) is 42.5 Å². The summed E-state index contributed by atoms with van der Waals surface area (Å²) in [6.45, 7) is 4.57. The van der Waals surface area contributed by atoms with Crippen LogP contribution in [0.1, 0.15) is 25.0 Å². The average Bonchev–Trinajstić information content (AvgIpc) is 2.53. The molecular formula is C17H20N2O. The predicted molar refractivity (Wildman–Crippen MR) is 83.2 cm³/mol. The maximum Gasteiger partial charge on any atom is 0.140 e. The van der Waals surface area contributed by atoms with E-state index in [0.717, 1.165) is 25.3 Å². The summed E-state index contributed by atoms with van der Waals surface area (Å²) in [5, 5.41) is 5.87. The summed E-state index contributed by atoms with van der Waals surface area (Å²) in [6.07, 6.45) is 1.00. The van der Waals surface area contributed by atoms with Crippen molar-refractivity contribution in [3.8, 4) is 0 Å². The molecule has 3 rings (SSSR count). The van der Waals surface area contributed by atoms with E-state index in [1.54, 1.807) is 0 Å². The molecule has 0 bridgehead atoms. The van der Waals surface area contributed by atoms with E-state index >= 15 is 0 Å². The van der Waals surface area contributed by atoms with E-state index in [2.05, 4.69) is 52.8 Å². The quantitative estimate of drug-likeness (QED) is 0.923. The Kier molecular flexibility index (Phi) is 3.97. The van der Waals surface area contributed by atoms with Crippen molar-refractivity contribution in [1.29, 1.82) is 0 Å². The lowest BCUT2D eigenvalue weighted by Crippen LogP contribution is -2.35. The van der Waals surface area contributed by atoms with E-state index in [9.17, 15) is 0 Å². The Hall–Kier alpha value is -1.87. The van der Waals surface area contributed by atoms with Gasteiger partial charge in [0.25, 0.3) is 0 Å². The van der Waals surface area contributed by atoms with Gasteiger partial charge in [-0.2, -0.15) is 0 Å². The van der Waals surface area contributed by atoms with Gasteiger partial charge in [-0.25, -0.2) is 0 Å². The molecule has 0 aliphatic carbocycles. The molecule has 0 saturated carbocycles. The van der Waals surface area contributed by atoms with E-state index in [0.29, 0.717) is 6.61 Å². The summed E-state index contributed by atoms with van der Waals surface area (Å²) in [6, 6.07) is 14.8. The first-order valence-corrected chi connectivity index (χ1v) is 7.27. The lowest BCUT2D eigenvalue weighted by Gasteiger charge is -2.24. The molecule has 1 atom stereocenters. The van der Waals surface area contributed by atoms with Crippen LogP contribution >= 0.6 is 0 Å². The fourth-order valence-corrected chi connectivity index (χ4v) is 2.69. The van der Waals surface area contributed by atoms with Crippen LogP contribution < -0.4 is 5.32 Å². The van der Waals surface area contributed by atoms with Gasteiger partial charge in [0.1, 0.15) is 11.9 Å². The smallest absolute Gasteiger partial charge is 0.140 e. The normalized spacial score (nSPS) is 16.6. The zero-order chi connectivity index (χ0) is 13.8. The third-order valence-corrected chi connectivity index (χ3v) is 3.61. The molecule has 2 aromatic rings. The highest BCUT2D eigenvalue weighted by atomic mass is 16.5. The van der Waals surface area contributed by atoms with E-state index < -0.39 is 0 Å². The number of nitrogens with one attached hydrogen (secondary N) is 1. The predicted octanol–water partition coefficient (Wildman–Crippen LogP) is 3.31. The molecule has 1 heterocycles. The Morgan fingerprint density at radius 2 is 2.05 bits per heavy atom. The average molecular weight is 268 g/mol. The molecule has 0 radical (unpaired) electrons. The molecule has 0 unspecified atom stereocenters. The molecule has 20 heavy (non-hydrogen) atoms. The van der Waals surface area contributed by atoms with Crippen LogP contribution in [0.5, 0.6) is 0 Å². The summed E-state index contributed by atoms with van der Waals surface area (Å²) in [4.78, 5) is 4.61. The van der Waals surface area contributed by atoms with Crippen LogP contribution in [-0.2, 0) is 4.74 Å². The first-order valence-electron chi connectivity index (χ1n) is 7.27. The third-order valence-electron chi connectivity index (χ3n) is 3.61. The van der Waals surface area contributed by atoms with Gasteiger partial charge in [-0.3, -0.25) is 4.99 Å². The van der Waals surface area contributed by atoms with Gasteiger partial charge < -0.3 is 10.1 Å². The Morgan fingerprint density at radius 1 is 1.20 bits per heavy atom. The van der Waals surface area contributed by atoms with Crippen LogP contribution in [0.4, 0.5) is 0 Å². The Labute approximate surface area is 119 Å². The van der Waals surface area contributed by atoms with E-state index in [-0.39, 0.29) is 6.10 Å². The monoisotopic (exact) mass is 268 g/mol. The van der Waals surface area contributed by atoms with Crippen molar-refractivity contribution in [2.24, 2.45) is 4.99 Å². The number of benzene rings is 2. The molecule has 1 N–H and O–H groups in total. The van der Waals surface area contributed by atoms with Gasteiger partial charge in [0.05, 0.1) is 0 Å². The molecular weight excluding hydrogens is 248 g/mol.